The number of benzene rings is 2. The molecule has 6 nitrogen and oxygen atoms in total. The molecule has 0 radical (unpaired) electrons. The number of imide groups is 1. The molecule has 0 bridgehead atoms. The zero-order valence-electron chi connectivity index (χ0n) is 14.3. The Balaban J connectivity index is 1.54. The van der Waals surface area contributed by atoms with Crippen molar-refractivity contribution in [2.24, 2.45) is 0 Å². The average Bonchev–Trinajstić information content (AvgIpc) is 2.93. The Morgan fingerprint density at radius 2 is 1.58 bits per heavy atom. The molecule has 0 spiro atoms. The van der Waals surface area contributed by atoms with Gasteiger partial charge in [-0.1, -0.05) is 24.3 Å². The first-order valence-electron chi connectivity index (χ1n) is 8.69. The summed E-state index contributed by atoms with van der Waals surface area (Å²) < 4.78 is 0. The molecule has 2 aliphatic heterocycles. The van der Waals surface area contributed by atoms with Gasteiger partial charge in [0.25, 0.3) is 17.7 Å². The number of carbonyl (C=O) groups excluding carboxylic acids is 3. The van der Waals surface area contributed by atoms with Crippen LogP contribution in [0, 0.1) is 0 Å². The van der Waals surface area contributed by atoms with Crippen LogP contribution in [0.25, 0.3) is 0 Å². The first-order valence-corrected chi connectivity index (χ1v) is 8.69. The van der Waals surface area contributed by atoms with Crippen LogP contribution in [0.15, 0.2) is 48.5 Å². The van der Waals surface area contributed by atoms with Crippen molar-refractivity contribution in [2.45, 2.75) is 6.54 Å². The molecule has 1 saturated heterocycles. The molecule has 4 rings (SSSR count). The largest absolute Gasteiger partial charge is 0.336 e. The molecule has 6 heteroatoms. The van der Waals surface area contributed by atoms with E-state index in [-0.39, 0.29) is 24.3 Å². The van der Waals surface area contributed by atoms with Gasteiger partial charge in [0.05, 0.1) is 17.7 Å². The second kappa shape index (κ2) is 6.72. The van der Waals surface area contributed by atoms with Gasteiger partial charge < -0.3 is 10.2 Å². The molecule has 0 aromatic heterocycles. The number of fused-ring (bicyclic) bond motifs is 1. The number of hydrogen-bond donors (Lipinski definition) is 1. The van der Waals surface area contributed by atoms with Gasteiger partial charge in [0.2, 0.25) is 0 Å². The van der Waals surface area contributed by atoms with Crippen LogP contribution >= 0.6 is 0 Å². The van der Waals surface area contributed by atoms with Crippen molar-refractivity contribution < 1.29 is 14.4 Å². The van der Waals surface area contributed by atoms with Gasteiger partial charge in [-0.2, -0.15) is 0 Å². The van der Waals surface area contributed by atoms with E-state index in [1.54, 1.807) is 42.5 Å². The fourth-order valence-corrected chi connectivity index (χ4v) is 3.42. The molecule has 2 heterocycles. The van der Waals surface area contributed by atoms with Crippen LogP contribution in [-0.4, -0.2) is 53.7 Å². The van der Waals surface area contributed by atoms with Gasteiger partial charge in [-0.05, 0) is 29.8 Å². The summed E-state index contributed by atoms with van der Waals surface area (Å²) in [4.78, 5) is 40.7. The molecule has 2 aliphatic rings. The minimum Gasteiger partial charge on any atom is -0.336 e. The number of nitrogens with zero attached hydrogens (tertiary/aromatic N) is 2. The Morgan fingerprint density at radius 1 is 0.923 bits per heavy atom. The van der Waals surface area contributed by atoms with Gasteiger partial charge in [-0.15, -0.1) is 0 Å². The molecule has 0 unspecified atom stereocenters. The fraction of sp³-hybridized carbons (Fsp3) is 0.250. The third-order valence-corrected chi connectivity index (χ3v) is 4.80. The molecule has 0 saturated carbocycles. The highest BCUT2D eigenvalue weighted by atomic mass is 16.2. The second-order valence-corrected chi connectivity index (χ2v) is 6.48. The first-order chi connectivity index (χ1) is 12.6. The lowest BCUT2D eigenvalue weighted by Crippen LogP contribution is -2.46. The Hall–Kier alpha value is -2.99. The van der Waals surface area contributed by atoms with Gasteiger partial charge in [0, 0.05) is 31.7 Å². The molecular weight excluding hydrogens is 330 g/mol. The van der Waals surface area contributed by atoms with E-state index in [4.69, 9.17) is 0 Å². The van der Waals surface area contributed by atoms with E-state index in [2.05, 4.69) is 5.32 Å². The SMILES string of the molecule is O=C(c1cccc(CN2C(=O)c3ccccc3C2=O)c1)N1CCNCC1. The third-order valence-electron chi connectivity index (χ3n) is 4.80. The van der Waals surface area contributed by atoms with Gasteiger partial charge in [-0.25, -0.2) is 0 Å². The summed E-state index contributed by atoms with van der Waals surface area (Å²) in [5.74, 6) is -0.593. The van der Waals surface area contributed by atoms with E-state index >= 15 is 0 Å². The summed E-state index contributed by atoms with van der Waals surface area (Å²) in [5, 5.41) is 3.22. The van der Waals surface area contributed by atoms with Gasteiger partial charge in [0.1, 0.15) is 0 Å². The monoisotopic (exact) mass is 349 g/mol. The Bertz CT molecular complexity index is 852. The molecule has 26 heavy (non-hydrogen) atoms. The number of piperazine rings is 1. The highest BCUT2D eigenvalue weighted by molar-refractivity contribution is 6.21. The molecule has 1 fully saturated rings. The summed E-state index contributed by atoms with van der Waals surface area (Å²) >= 11 is 0. The van der Waals surface area contributed by atoms with Crippen molar-refractivity contribution in [2.75, 3.05) is 26.2 Å². The predicted molar refractivity (Wildman–Crippen MR) is 95.9 cm³/mol. The molecule has 2 aromatic carbocycles. The maximum Gasteiger partial charge on any atom is 0.261 e. The summed E-state index contributed by atoms with van der Waals surface area (Å²) in [6.45, 7) is 3.11. The van der Waals surface area contributed by atoms with Gasteiger partial charge in [-0.3, -0.25) is 19.3 Å². The molecular formula is C20H19N3O3. The van der Waals surface area contributed by atoms with Crippen LogP contribution in [0.4, 0.5) is 0 Å². The van der Waals surface area contributed by atoms with Crippen molar-refractivity contribution in [1.82, 2.24) is 15.1 Å². The van der Waals surface area contributed by atoms with E-state index in [0.29, 0.717) is 29.8 Å². The van der Waals surface area contributed by atoms with Crippen molar-refractivity contribution in [1.29, 1.82) is 0 Å². The number of rotatable bonds is 3. The minimum atomic E-state index is -0.288. The van der Waals surface area contributed by atoms with Crippen molar-refractivity contribution in [3.63, 3.8) is 0 Å². The van der Waals surface area contributed by atoms with Gasteiger partial charge >= 0.3 is 0 Å². The number of nitrogens with one attached hydrogen (secondary N) is 1. The van der Waals surface area contributed by atoms with Crippen LogP contribution in [0.5, 0.6) is 0 Å². The third kappa shape index (κ3) is 2.88. The van der Waals surface area contributed by atoms with E-state index < -0.39 is 0 Å². The second-order valence-electron chi connectivity index (χ2n) is 6.48. The molecule has 3 amide bonds. The summed E-state index contributed by atoms with van der Waals surface area (Å²) in [6.07, 6.45) is 0. The fourth-order valence-electron chi connectivity index (χ4n) is 3.42. The molecule has 2 aromatic rings. The lowest BCUT2D eigenvalue weighted by Gasteiger charge is -2.27. The first kappa shape index (κ1) is 16.5. The van der Waals surface area contributed by atoms with Crippen LogP contribution in [0.1, 0.15) is 36.6 Å². The van der Waals surface area contributed by atoms with E-state index in [1.807, 2.05) is 11.0 Å². The van der Waals surface area contributed by atoms with Crippen molar-refractivity contribution in [3.8, 4) is 0 Å². The summed E-state index contributed by atoms with van der Waals surface area (Å²) in [5.41, 5.74) is 2.22. The van der Waals surface area contributed by atoms with E-state index in [1.165, 1.54) is 4.90 Å². The Morgan fingerprint density at radius 3 is 2.23 bits per heavy atom. The standard InChI is InChI=1S/C20H19N3O3/c24-18(22-10-8-21-9-11-22)15-5-3-4-14(12-15)13-23-19(25)16-6-1-2-7-17(16)20(23)26/h1-7,12,21H,8-11,13H2. The normalized spacial score (nSPS) is 16.8. The topological polar surface area (TPSA) is 69.7 Å². The summed E-state index contributed by atoms with van der Waals surface area (Å²) in [6, 6.07) is 14.0. The smallest absolute Gasteiger partial charge is 0.261 e. The Labute approximate surface area is 151 Å². The molecule has 132 valence electrons. The number of amides is 3. The minimum absolute atomic E-state index is 0.0179. The molecule has 1 N–H and O–H groups in total. The van der Waals surface area contributed by atoms with Crippen molar-refractivity contribution in [3.05, 3.63) is 70.8 Å². The highest BCUT2D eigenvalue weighted by Crippen LogP contribution is 2.24. The summed E-state index contributed by atoms with van der Waals surface area (Å²) in [7, 11) is 0. The lowest BCUT2D eigenvalue weighted by molar-refractivity contribution is 0.0642. The van der Waals surface area contributed by atoms with Crippen LogP contribution in [0.3, 0.4) is 0 Å². The van der Waals surface area contributed by atoms with Crippen LogP contribution < -0.4 is 5.32 Å². The highest BCUT2D eigenvalue weighted by Gasteiger charge is 2.35. The van der Waals surface area contributed by atoms with E-state index in [9.17, 15) is 14.4 Å². The average molecular weight is 349 g/mol. The maximum absolute atomic E-state index is 12.6. The van der Waals surface area contributed by atoms with E-state index in [0.717, 1.165) is 18.7 Å². The number of hydrogen-bond acceptors (Lipinski definition) is 4. The lowest BCUT2D eigenvalue weighted by atomic mass is 10.1. The van der Waals surface area contributed by atoms with Gasteiger partial charge in [0.15, 0.2) is 0 Å². The molecule has 0 aliphatic carbocycles. The predicted octanol–water partition coefficient (Wildman–Crippen LogP) is 1.53. The molecule has 0 atom stereocenters. The zero-order chi connectivity index (χ0) is 18.1. The van der Waals surface area contributed by atoms with Crippen molar-refractivity contribution >= 4 is 17.7 Å². The maximum atomic E-state index is 12.6. The van der Waals surface area contributed by atoms with Crippen LogP contribution in [0.2, 0.25) is 0 Å². The Kier molecular flexibility index (Phi) is 4.26. The van der Waals surface area contributed by atoms with Crippen LogP contribution in [-0.2, 0) is 6.54 Å². The zero-order valence-corrected chi connectivity index (χ0v) is 14.3. The number of carbonyl (C=O) groups is 3. The quantitative estimate of drug-likeness (QED) is 0.853.